The van der Waals surface area contributed by atoms with E-state index in [-0.39, 0.29) is 28.9 Å². The molecule has 0 spiro atoms. The van der Waals surface area contributed by atoms with Crippen LogP contribution in [0.5, 0.6) is 0 Å². The van der Waals surface area contributed by atoms with Crippen LogP contribution in [0, 0.1) is 5.92 Å². The van der Waals surface area contributed by atoms with Crippen LogP contribution >= 0.6 is 11.3 Å². The molecule has 1 aliphatic heterocycles. The van der Waals surface area contributed by atoms with E-state index >= 15 is 0 Å². The second-order valence-corrected chi connectivity index (χ2v) is 9.58. The molecule has 108 valence electrons. The number of hydrogen-bond acceptors (Lipinski definition) is 5. The Labute approximate surface area is 119 Å². The van der Waals surface area contributed by atoms with Crippen LogP contribution in [0.4, 0.5) is 0 Å². The highest BCUT2D eigenvalue weighted by atomic mass is 32.2. The summed E-state index contributed by atoms with van der Waals surface area (Å²) in [5.41, 5.74) is 7.29. The fourth-order valence-corrected chi connectivity index (χ4v) is 5.27. The van der Waals surface area contributed by atoms with Gasteiger partial charge >= 0.3 is 0 Å². The Hall–Kier alpha value is -0.460. The molecule has 0 saturated carbocycles. The first kappa shape index (κ1) is 14.9. The highest BCUT2D eigenvalue weighted by Crippen LogP contribution is 2.27. The first-order valence-corrected chi connectivity index (χ1v) is 9.28. The zero-order chi connectivity index (χ0) is 14.3. The van der Waals surface area contributed by atoms with Gasteiger partial charge in [0.15, 0.2) is 9.84 Å². The van der Waals surface area contributed by atoms with E-state index < -0.39 is 9.84 Å². The van der Waals surface area contributed by atoms with E-state index in [1.165, 1.54) is 0 Å². The van der Waals surface area contributed by atoms with Gasteiger partial charge in [0.2, 0.25) is 0 Å². The number of rotatable bonds is 3. The van der Waals surface area contributed by atoms with Crippen molar-refractivity contribution in [2.24, 2.45) is 11.7 Å². The minimum Gasteiger partial charge on any atom is -0.327 e. The molecule has 0 radical (unpaired) electrons. The van der Waals surface area contributed by atoms with Crippen molar-refractivity contribution in [1.82, 2.24) is 4.98 Å². The Morgan fingerprint density at radius 3 is 2.68 bits per heavy atom. The number of thiazole rings is 1. The van der Waals surface area contributed by atoms with Crippen LogP contribution in [-0.4, -0.2) is 30.9 Å². The summed E-state index contributed by atoms with van der Waals surface area (Å²) in [6.07, 6.45) is 1.38. The predicted octanol–water partition coefficient (Wildman–Crippen LogP) is 1.75. The minimum atomic E-state index is -2.85. The lowest BCUT2D eigenvalue weighted by Gasteiger charge is -2.17. The Morgan fingerprint density at radius 1 is 1.53 bits per heavy atom. The fourth-order valence-electron chi connectivity index (χ4n) is 2.28. The molecule has 1 aromatic heterocycles. The second kappa shape index (κ2) is 5.14. The van der Waals surface area contributed by atoms with E-state index in [2.05, 4.69) is 31.1 Å². The van der Waals surface area contributed by atoms with E-state index in [1.54, 1.807) is 11.3 Å². The van der Waals surface area contributed by atoms with Crippen LogP contribution in [0.15, 0.2) is 5.38 Å². The summed E-state index contributed by atoms with van der Waals surface area (Å²) >= 11 is 1.62. The molecule has 2 atom stereocenters. The molecule has 2 unspecified atom stereocenters. The standard InChI is InChI=1S/C13H22N2O2S2/c1-13(2,3)11-7-18-12(15-11)6-10(14)9-4-5-19(16,17)8-9/h7,9-10H,4-6,8,14H2,1-3H3. The van der Waals surface area contributed by atoms with Gasteiger partial charge in [0.1, 0.15) is 0 Å². The number of nitrogens with two attached hydrogens (primary N) is 1. The van der Waals surface area contributed by atoms with Gasteiger partial charge in [-0.15, -0.1) is 11.3 Å². The van der Waals surface area contributed by atoms with Crippen LogP contribution in [0.3, 0.4) is 0 Å². The van der Waals surface area contributed by atoms with Gasteiger partial charge in [-0.3, -0.25) is 0 Å². The van der Waals surface area contributed by atoms with Crippen LogP contribution in [0.25, 0.3) is 0 Å². The van der Waals surface area contributed by atoms with E-state index in [9.17, 15) is 8.42 Å². The summed E-state index contributed by atoms with van der Waals surface area (Å²) < 4.78 is 22.9. The Morgan fingerprint density at radius 2 is 2.21 bits per heavy atom. The van der Waals surface area contributed by atoms with Crippen LogP contribution in [-0.2, 0) is 21.7 Å². The maximum Gasteiger partial charge on any atom is 0.150 e. The Kier molecular flexibility index (Phi) is 4.05. The van der Waals surface area contributed by atoms with Crippen molar-refractivity contribution in [3.8, 4) is 0 Å². The maximum atomic E-state index is 11.5. The quantitative estimate of drug-likeness (QED) is 0.923. The molecule has 1 aliphatic rings. The molecule has 0 amide bonds. The van der Waals surface area contributed by atoms with Gasteiger partial charge in [0.25, 0.3) is 0 Å². The average Bonchev–Trinajstić information content (AvgIpc) is 2.83. The van der Waals surface area contributed by atoms with Crippen molar-refractivity contribution in [1.29, 1.82) is 0 Å². The molecule has 2 N–H and O–H groups in total. The minimum absolute atomic E-state index is 0.0511. The molecule has 6 heteroatoms. The molecular weight excluding hydrogens is 280 g/mol. The smallest absolute Gasteiger partial charge is 0.150 e. The fraction of sp³-hybridized carbons (Fsp3) is 0.769. The molecule has 4 nitrogen and oxygen atoms in total. The van der Waals surface area contributed by atoms with Crippen molar-refractivity contribution in [2.75, 3.05) is 11.5 Å². The van der Waals surface area contributed by atoms with Crippen LogP contribution in [0.2, 0.25) is 0 Å². The van der Waals surface area contributed by atoms with Gasteiger partial charge in [0, 0.05) is 23.3 Å². The predicted molar refractivity (Wildman–Crippen MR) is 79.3 cm³/mol. The van der Waals surface area contributed by atoms with Crippen molar-refractivity contribution in [2.45, 2.75) is 45.1 Å². The van der Waals surface area contributed by atoms with Gasteiger partial charge in [-0.05, 0) is 12.3 Å². The summed E-state index contributed by atoms with van der Waals surface area (Å²) in [4.78, 5) is 4.62. The van der Waals surface area contributed by atoms with Gasteiger partial charge in [-0.25, -0.2) is 13.4 Å². The SMILES string of the molecule is CC(C)(C)c1csc(CC(N)C2CCS(=O)(=O)C2)n1. The number of hydrogen-bond donors (Lipinski definition) is 1. The number of sulfone groups is 1. The van der Waals surface area contributed by atoms with Crippen LogP contribution < -0.4 is 5.73 Å². The average molecular weight is 302 g/mol. The lowest BCUT2D eigenvalue weighted by atomic mass is 9.93. The molecule has 2 heterocycles. The third-order valence-electron chi connectivity index (χ3n) is 3.60. The third kappa shape index (κ3) is 3.77. The molecule has 0 aliphatic carbocycles. The molecule has 1 fully saturated rings. The van der Waals surface area contributed by atoms with Crippen LogP contribution in [0.1, 0.15) is 37.9 Å². The van der Waals surface area contributed by atoms with E-state index in [0.717, 1.165) is 10.7 Å². The second-order valence-electron chi connectivity index (χ2n) is 6.41. The highest BCUT2D eigenvalue weighted by Gasteiger charge is 2.32. The van der Waals surface area contributed by atoms with Gasteiger partial charge in [0.05, 0.1) is 22.2 Å². The monoisotopic (exact) mass is 302 g/mol. The van der Waals surface area contributed by atoms with Gasteiger partial charge in [-0.1, -0.05) is 20.8 Å². The lowest BCUT2D eigenvalue weighted by Crippen LogP contribution is -2.33. The Balaban J connectivity index is 2.00. The Bertz CT molecular complexity index is 543. The van der Waals surface area contributed by atoms with E-state index in [0.29, 0.717) is 12.8 Å². The highest BCUT2D eigenvalue weighted by molar-refractivity contribution is 7.91. The molecular formula is C13H22N2O2S2. The van der Waals surface area contributed by atoms with Gasteiger partial charge in [-0.2, -0.15) is 0 Å². The van der Waals surface area contributed by atoms with Crippen molar-refractivity contribution >= 4 is 21.2 Å². The molecule has 0 aromatic carbocycles. The molecule has 19 heavy (non-hydrogen) atoms. The van der Waals surface area contributed by atoms with Crippen molar-refractivity contribution in [3.63, 3.8) is 0 Å². The first-order valence-electron chi connectivity index (χ1n) is 6.58. The number of aromatic nitrogens is 1. The largest absolute Gasteiger partial charge is 0.327 e. The maximum absolute atomic E-state index is 11.5. The number of nitrogens with zero attached hydrogens (tertiary/aromatic N) is 1. The van der Waals surface area contributed by atoms with Gasteiger partial charge < -0.3 is 5.73 Å². The molecule has 0 bridgehead atoms. The molecule has 2 rings (SSSR count). The van der Waals surface area contributed by atoms with E-state index in [1.807, 2.05) is 0 Å². The van der Waals surface area contributed by atoms with Crippen molar-refractivity contribution < 1.29 is 8.42 Å². The zero-order valence-corrected chi connectivity index (χ0v) is 13.4. The molecule has 1 saturated heterocycles. The summed E-state index contributed by atoms with van der Waals surface area (Å²) in [5.74, 6) is 0.620. The van der Waals surface area contributed by atoms with E-state index in [4.69, 9.17) is 5.73 Å². The summed E-state index contributed by atoms with van der Waals surface area (Å²) in [5, 5.41) is 3.09. The topological polar surface area (TPSA) is 73.1 Å². The zero-order valence-electron chi connectivity index (χ0n) is 11.7. The first-order chi connectivity index (χ1) is 8.67. The molecule has 1 aromatic rings. The summed E-state index contributed by atoms with van der Waals surface area (Å²) in [6, 6.07) is -0.101. The third-order valence-corrected chi connectivity index (χ3v) is 6.27. The summed E-state index contributed by atoms with van der Waals surface area (Å²) in [7, 11) is -2.85. The van der Waals surface area contributed by atoms with Crippen molar-refractivity contribution in [3.05, 3.63) is 16.1 Å². The normalized spacial score (nSPS) is 24.5. The lowest BCUT2D eigenvalue weighted by molar-refractivity contribution is 0.459. The summed E-state index contributed by atoms with van der Waals surface area (Å²) in [6.45, 7) is 6.40.